The minimum Gasteiger partial charge on any atom is -0.384 e. The molecule has 0 saturated heterocycles. The fourth-order valence-electron chi connectivity index (χ4n) is 2.02. The minimum atomic E-state index is -0.128. The van der Waals surface area contributed by atoms with E-state index in [1.165, 1.54) is 4.68 Å². The summed E-state index contributed by atoms with van der Waals surface area (Å²) in [5.74, 6) is 0. The van der Waals surface area contributed by atoms with Gasteiger partial charge in [0.1, 0.15) is 0 Å². The lowest BCUT2D eigenvalue weighted by molar-refractivity contribution is 0.558. The Morgan fingerprint density at radius 1 is 1.35 bits per heavy atom. The van der Waals surface area contributed by atoms with Crippen molar-refractivity contribution in [2.45, 2.75) is 33.9 Å². The average molecular weight is 340 g/mol. The summed E-state index contributed by atoms with van der Waals surface area (Å²) in [4.78, 5) is 12.1. The zero-order chi connectivity index (χ0) is 14.7. The second kappa shape index (κ2) is 6.21. The predicted molar refractivity (Wildman–Crippen MR) is 82.1 cm³/mol. The fourth-order valence-corrected chi connectivity index (χ4v) is 2.42. The van der Waals surface area contributed by atoms with Gasteiger partial charge in [-0.3, -0.25) is 9.48 Å². The molecule has 0 bridgehead atoms. The molecule has 0 radical (unpaired) electrons. The first-order valence-corrected chi connectivity index (χ1v) is 7.38. The van der Waals surface area contributed by atoms with Crippen LogP contribution in [0, 0.1) is 6.92 Å². The van der Waals surface area contributed by atoms with Crippen molar-refractivity contribution in [2.24, 2.45) is 0 Å². The van der Waals surface area contributed by atoms with Crippen LogP contribution in [0.15, 0.2) is 21.5 Å². The lowest BCUT2D eigenvalue weighted by atomic mass is 10.3. The summed E-state index contributed by atoms with van der Waals surface area (Å²) in [5, 5.41) is 11.7. The Hall–Kier alpha value is -1.63. The van der Waals surface area contributed by atoms with Crippen molar-refractivity contribution in [2.75, 3.05) is 11.9 Å². The van der Waals surface area contributed by atoms with E-state index in [1.54, 1.807) is 12.3 Å². The third-order valence-corrected chi connectivity index (χ3v) is 4.03. The van der Waals surface area contributed by atoms with Crippen LogP contribution in [0.3, 0.4) is 0 Å². The molecule has 0 aliphatic carbocycles. The molecule has 2 aromatic heterocycles. The zero-order valence-electron chi connectivity index (χ0n) is 11.9. The molecule has 2 aromatic rings. The molecule has 1 N–H and O–H groups in total. The first-order chi connectivity index (χ1) is 9.56. The van der Waals surface area contributed by atoms with E-state index in [0.717, 1.165) is 34.6 Å². The van der Waals surface area contributed by atoms with Gasteiger partial charge in [0.05, 0.1) is 34.3 Å². The van der Waals surface area contributed by atoms with Gasteiger partial charge in [-0.2, -0.15) is 10.2 Å². The summed E-state index contributed by atoms with van der Waals surface area (Å²) in [5.41, 5.74) is 2.49. The lowest BCUT2D eigenvalue weighted by Gasteiger charge is -2.08. The second-order valence-corrected chi connectivity index (χ2v) is 5.23. The van der Waals surface area contributed by atoms with Crippen molar-refractivity contribution in [3.05, 3.63) is 38.5 Å². The number of aromatic nitrogens is 4. The molecule has 0 fully saturated rings. The van der Waals surface area contributed by atoms with Crippen molar-refractivity contribution in [1.29, 1.82) is 0 Å². The third kappa shape index (κ3) is 2.92. The van der Waals surface area contributed by atoms with E-state index in [0.29, 0.717) is 6.54 Å². The van der Waals surface area contributed by atoms with Crippen molar-refractivity contribution in [3.63, 3.8) is 0 Å². The molecular weight excluding hydrogens is 322 g/mol. The van der Waals surface area contributed by atoms with Crippen LogP contribution in [0.4, 0.5) is 5.69 Å². The molecular formula is C13H18BrN5O. The van der Waals surface area contributed by atoms with Gasteiger partial charge in [0.15, 0.2) is 0 Å². The number of nitrogens with zero attached hydrogens (tertiary/aromatic N) is 4. The van der Waals surface area contributed by atoms with Gasteiger partial charge in [-0.15, -0.1) is 0 Å². The second-order valence-electron chi connectivity index (χ2n) is 4.43. The number of halogens is 1. The summed E-state index contributed by atoms with van der Waals surface area (Å²) in [6, 6.07) is 1.56. The molecule has 0 amide bonds. The molecule has 108 valence electrons. The topological polar surface area (TPSA) is 64.7 Å². The van der Waals surface area contributed by atoms with E-state index < -0.39 is 0 Å². The SMILES string of the molecule is CCNc1cnn(Cc2c(Br)c(C)nn2CC)c(=O)c1. The fraction of sp³-hybridized carbons (Fsp3) is 0.462. The molecule has 0 aliphatic rings. The van der Waals surface area contributed by atoms with E-state index in [1.807, 2.05) is 25.5 Å². The number of rotatable bonds is 5. The summed E-state index contributed by atoms with van der Waals surface area (Å²) >= 11 is 3.52. The highest BCUT2D eigenvalue weighted by atomic mass is 79.9. The van der Waals surface area contributed by atoms with Crippen molar-refractivity contribution >= 4 is 21.6 Å². The Balaban J connectivity index is 2.33. The van der Waals surface area contributed by atoms with Crippen LogP contribution < -0.4 is 10.9 Å². The van der Waals surface area contributed by atoms with Crippen molar-refractivity contribution in [3.8, 4) is 0 Å². The monoisotopic (exact) mass is 339 g/mol. The van der Waals surface area contributed by atoms with Crippen LogP contribution in [0.1, 0.15) is 25.2 Å². The molecule has 0 aliphatic heterocycles. The molecule has 2 rings (SSSR count). The highest BCUT2D eigenvalue weighted by Gasteiger charge is 2.13. The molecule has 0 unspecified atom stereocenters. The standard InChI is InChI=1S/C13H18BrN5O/c1-4-15-10-6-12(20)19(16-7-10)8-11-13(14)9(3)17-18(11)5-2/h6-7,15H,4-5,8H2,1-3H3. The maximum Gasteiger partial charge on any atom is 0.269 e. The van der Waals surface area contributed by atoms with Gasteiger partial charge in [-0.05, 0) is 36.7 Å². The van der Waals surface area contributed by atoms with E-state index in [9.17, 15) is 4.79 Å². The number of anilines is 1. The van der Waals surface area contributed by atoms with E-state index in [2.05, 4.69) is 31.4 Å². The Bertz CT molecular complexity index is 661. The highest BCUT2D eigenvalue weighted by molar-refractivity contribution is 9.10. The number of hydrogen-bond donors (Lipinski definition) is 1. The zero-order valence-corrected chi connectivity index (χ0v) is 13.4. The smallest absolute Gasteiger partial charge is 0.269 e. The van der Waals surface area contributed by atoms with Crippen LogP contribution in [-0.4, -0.2) is 26.1 Å². The summed E-state index contributed by atoms with van der Waals surface area (Å²) in [6.45, 7) is 7.85. The quantitative estimate of drug-likeness (QED) is 0.904. The predicted octanol–water partition coefficient (Wildman–Crippen LogP) is 2.01. The molecule has 7 heteroatoms. The molecule has 0 atom stereocenters. The highest BCUT2D eigenvalue weighted by Crippen LogP contribution is 2.21. The van der Waals surface area contributed by atoms with Gasteiger partial charge < -0.3 is 5.32 Å². The minimum absolute atomic E-state index is 0.128. The van der Waals surface area contributed by atoms with Crippen LogP contribution in [0.5, 0.6) is 0 Å². The maximum absolute atomic E-state index is 12.1. The average Bonchev–Trinajstić information content (AvgIpc) is 2.69. The molecule has 20 heavy (non-hydrogen) atoms. The van der Waals surface area contributed by atoms with E-state index in [-0.39, 0.29) is 5.56 Å². The van der Waals surface area contributed by atoms with Gasteiger partial charge in [-0.25, -0.2) is 4.68 Å². The Morgan fingerprint density at radius 2 is 2.10 bits per heavy atom. The molecule has 2 heterocycles. The molecule has 0 saturated carbocycles. The van der Waals surface area contributed by atoms with Crippen molar-refractivity contribution < 1.29 is 0 Å². The van der Waals surface area contributed by atoms with Crippen LogP contribution in [0.2, 0.25) is 0 Å². The largest absolute Gasteiger partial charge is 0.384 e. The van der Waals surface area contributed by atoms with Crippen molar-refractivity contribution in [1.82, 2.24) is 19.6 Å². The molecule has 0 aromatic carbocycles. The van der Waals surface area contributed by atoms with E-state index >= 15 is 0 Å². The van der Waals surface area contributed by atoms with E-state index in [4.69, 9.17) is 0 Å². The van der Waals surface area contributed by atoms with Gasteiger partial charge in [-0.1, -0.05) is 0 Å². The maximum atomic E-state index is 12.1. The Morgan fingerprint density at radius 3 is 2.70 bits per heavy atom. The van der Waals surface area contributed by atoms with Gasteiger partial charge in [0.25, 0.3) is 5.56 Å². The normalized spacial score (nSPS) is 10.8. The number of aryl methyl sites for hydroxylation is 2. The Labute approximate surface area is 125 Å². The Kier molecular flexibility index (Phi) is 4.59. The van der Waals surface area contributed by atoms with Crippen LogP contribution in [0.25, 0.3) is 0 Å². The van der Waals surface area contributed by atoms with Gasteiger partial charge >= 0.3 is 0 Å². The molecule has 0 spiro atoms. The van der Waals surface area contributed by atoms with Gasteiger partial charge in [0.2, 0.25) is 0 Å². The lowest BCUT2D eigenvalue weighted by Crippen LogP contribution is -2.24. The summed E-state index contributed by atoms with van der Waals surface area (Å²) in [6.07, 6.45) is 1.66. The number of nitrogens with one attached hydrogen (secondary N) is 1. The summed E-state index contributed by atoms with van der Waals surface area (Å²) < 4.78 is 4.25. The third-order valence-electron chi connectivity index (χ3n) is 3.00. The van der Waals surface area contributed by atoms with Crippen LogP contribution in [-0.2, 0) is 13.1 Å². The van der Waals surface area contributed by atoms with Crippen LogP contribution >= 0.6 is 15.9 Å². The number of hydrogen-bond acceptors (Lipinski definition) is 4. The van der Waals surface area contributed by atoms with Gasteiger partial charge in [0, 0.05) is 19.2 Å². The first kappa shape index (κ1) is 14.8. The molecule has 6 nitrogen and oxygen atoms in total. The summed E-state index contributed by atoms with van der Waals surface area (Å²) in [7, 11) is 0. The first-order valence-electron chi connectivity index (χ1n) is 6.59.